The van der Waals surface area contributed by atoms with Crippen LogP contribution in [-0.4, -0.2) is 16.9 Å². The van der Waals surface area contributed by atoms with Crippen LogP contribution < -0.4 is 21.3 Å². The van der Waals surface area contributed by atoms with Crippen LogP contribution in [0.4, 0.5) is 42.0 Å². The minimum atomic E-state index is -0.788. The van der Waals surface area contributed by atoms with Crippen molar-refractivity contribution >= 4 is 52.0 Å². The summed E-state index contributed by atoms with van der Waals surface area (Å²) in [7, 11) is 0. The SMILES string of the molecule is O=C(Nc1cc(F)cc(F)c1)Nc1cccc(Nc2ccc3c(c2)NC(=O)C3=Cc2ccc[nH]2)c1. The van der Waals surface area contributed by atoms with E-state index in [4.69, 9.17) is 0 Å². The molecule has 0 fully saturated rings. The summed E-state index contributed by atoms with van der Waals surface area (Å²) in [4.78, 5) is 27.7. The van der Waals surface area contributed by atoms with Crippen molar-refractivity contribution in [3.05, 3.63) is 102 Å². The van der Waals surface area contributed by atoms with Gasteiger partial charge in [0.2, 0.25) is 0 Å². The molecule has 0 saturated heterocycles. The number of carbonyl (C=O) groups is 2. The average Bonchev–Trinajstić information content (AvgIpc) is 3.41. The highest BCUT2D eigenvalue weighted by Crippen LogP contribution is 2.35. The molecule has 4 aromatic rings. The molecule has 7 nitrogen and oxygen atoms in total. The third-order valence-corrected chi connectivity index (χ3v) is 5.25. The van der Waals surface area contributed by atoms with Crippen molar-refractivity contribution in [3.63, 3.8) is 0 Å². The molecule has 5 N–H and O–H groups in total. The average molecular weight is 471 g/mol. The van der Waals surface area contributed by atoms with Crippen LogP contribution in [0.15, 0.2) is 79.0 Å². The maximum absolute atomic E-state index is 13.3. The normalized spacial score (nSPS) is 13.3. The number of amides is 3. The van der Waals surface area contributed by atoms with E-state index in [2.05, 4.69) is 26.3 Å². The van der Waals surface area contributed by atoms with Gasteiger partial charge in [-0.15, -0.1) is 0 Å². The molecular formula is C26H19F2N5O2. The summed E-state index contributed by atoms with van der Waals surface area (Å²) in [5, 5.41) is 11.1. The van der Waals surface area contributed by atoms with Crippen LogP contribution in [0.1, 0.15) is 11.3 Å². The number of benzene rings is 3. The number of urea groups is 1. The fourth-order valence-corrected chi connectivity index (χ4v) is 3.77. The molecule has 0 unspecified atom stereocenters. The second-order valence-corrected chi connectivity index (χ2v) is 7.84. The van der Waals surface area contributed by atoms with Gasteiger partial charge in [0.1, 0.15) is 11.6 Å². The molecule has 9 heteroatoms. The summed E-state index contributed by atoms with van der Waals surface area (Å²) < 4.78 is 26.7. The molecule has 5 rings (SSSR count). The number of carbonyl (C=O) groups excluding carboxylic acids is 2. The van der Waals surface area contributed by atoms with Crippen LogP contribution in [0.5, 0.6) is 0 Å². The summed E-state index contributed by atoms with van der Waals surface area (Å²) in [5.74, 6) is -1.75. The van der Waals surface area contributed by atoms with Crippen molar-refractivity contribution < 1.29 is 18.4 Å². The first kappa shape index (κ1) is 21.9. The predicted octanol–water partition coefficient (Wildman–Crippen LogP) is 6.17. The van der Waals surface area contributed by atoms with Gasteiger partial charge in [-0.3, -0.25) is 4.79 Å². The number of nitrogens with one attached hydrogen (secondary N) is 5. The van der Waals surface area contributed by atoms with Crippen LogP contribution in [0.25, 0.3) is 11.6 Å². The molecule has 0 aliphatic carbocycles. The Balaban J connectivity index is 1.28. The first-order chi connectivity index (χ1) is 16.9. The van der Waals surface area contributed by atoms with Gasteiger partial charge in [-0.05, 0) is 60.7 Å². The molecule has 0 spiro atoms. The highest BCUT2D eigenvalue weighted by Gasteiger charge is 2.24. The zero-order valence-electron chi connectivity index (χ0n) is 18.2. The lowest BCUT2D eigenvalue weighted by molar-refractivity contribution is -0.110. The molecule has 35 heavy (non-hydrogen) atoms. The van der Waals surface area contributed by atoms with Crippen LogP contribution in [0, 0.1) is 11.6 Å². The van der Waals surface area contributed by atoms with Crippen molar-refractivity contribution in [3.8, 4) is 0 Å². The fourth-order valence-electron chi connectivity index (χ4n) is 3.77. The van der Waals surface area contributed by atoms with Crippen molar-refractivity contribution in [1.82, 2.24) is 4.98 Å². The lowest BCUT2D eigenvalue weighted by atomic mass is 10.1. The second kappa shape index (κ2) is 9.14. The lowest BCUT2D eigenvalue weighted by Crippen LogP contribution is -2.19. The van der Waals surface area contributed by atoms with Gasteiger partial charge < -0.3 is 26.3 Å². The number of halogens is 2. The van der Waals surface area contributed by atoms with Crippen LogP contribution in [-0.2, 0) is 4.79 Å². The van der Waals surface area contributed by atoms with Crippen molar-refractivity contribution in [2.24, 2.45) is 0 Å². The first-order valence-corrected chi connectivity index (χ1v) is 10.6. The van der Waals surface area contributed by atoms with E-state index in [-0.39, 0.29) is 11.6 Å². The van der Waals surface area contributed by atoms with Gasteiger partial charge in [-0.2, -0.15) is 0 Å². The lowest BCUT2D eigenvalue weighted by Gasteiger charge is -2.11. The Morgan fingerprint density at radius 3 is 2.31 bits per heavy atom. The van der Waals surface area contributed by atoms with E-state index >= 15 is 0 Å². The minimum Gasteiger partial charge on any atom is -0.362 e. The summed E-state index contributed by atoms with van der Waals surface area (Å²) >= 11 is 0. The van der Waals surface area contributed by atoms with Crippen LogP contribution in [0.3, 0.4) is 0 Å². The number of aromatic nitrogens is 1. The van der Waals surface area contributed by atoms with E-state index in [1.165, 1.54) is 0 Å². The Labute approximate surface area is 198 Å². The van der Waals surface area contributed by atoms with Gasteiger partial charge in [-0.25, -0.2) is 13.6 Å². The van der Waals surface area contributed by atoms with E-state index in [0.29, 0.717) is 22.6 Å². The molecular weight excluding hydrogens is 452 g/mol. The molecule has 174 valence electrons. The quantitative estimate of drug-likeness (QED) is 0.225. The first-order valence-electron chi connectivity index (χ1n) is 10.6. The maximum atomic E-state index is 13.3. The number of hydrogen-bond donors (Lipinski definition) is 5. The molecule has 0 atom stereocenters. The molecule has 0 bridgehead atoms. The van der Waals surface area contributed by atoms with E-state index in [9.17, 15) is 18.4 Å². The Hall–Kier alpha value is -4.92. The van der Waals surface area contributed by atoms with Gasteiger partial charge in [0.25, 0.3) is 5.91 Å². The zero-order valence-corrected chi connectivity index (χ0v) is 18.2. The topological polar surface area (TPSA) is 98.0 Å². The molecule has 1 aromatic heterocycles. The number of rotatable bonds is 5. The molecule has 0 saturated carbocycles. The second-order valence-electron chi connectivity index (χ2n) is 7.84. The highest BCUT2D eigenvalue weighted by molar-refractivity contribution is 6.35. The van der Waals surface area contributed by atoms with Crippen molar-refractivity contribution in [2.45, 2.75) is 0 Å². The Morgan fingerprint density at radius 2 is 1.54 bits per heavy atom. The summed E-state index contributed by atoms with van der Waals surface area (Å²) in [5.41, 5.74) is 4.79. The molecule has 1 aliphatic heterocycles. The molecule has 3 aromatic carbocycles. The minimum absolute atomic E-state index is 0.000785. The fraction of sp³-hybridized carbons (Fsp3) is 0. The highest BCUT2D eigenvalue weighted by atomic mass is 19.1. The molecule has 3 amide bonds. The monoisotopic (exact) mass is 471 g/mol. The van der Waals surface area contributed by atoms with Gasteiger partial charge in [0.15, 0.2) is 0 Å². The summed E-state index contributed by atoms with van der Waals surface area (Å²) in [6.45, 7) is 0. The molecule has 0 radical (unpaired) electrons. The van der Waals surface area contributed by atoms with E-state index in [0.717, 1.165) is 35.1 Å². The standard InChI is InChI=1S/C26H19F2N5O2/c27-15-9-16(28)11-21(10-15)32-26(35)31-19-4-1-3-18(12-19)30-20-6-7-22-23(13-17-5-2-8-29-17)25(34)33-24(22)14-20/h1-14,29-30H,(H,33,34)(H2,31,32,35). The van der Waals surface area contributed by atoms with E-state index in [1.807, 2.05) is 36.4 Å². The smallest absolute Gasteiger partial charge is 0.323 e. The number of H-pyrrole nitrogens is 1. The van der Waals surface area contributed by atoms with Gasteiger partial charge in [-0.1, -0.05) is 12.1 Å². The third-order valence-electron chi connectivity index (χ3n) is 5.25. The van der Waals surface area contributed by atoms with Gasteiger partial charge in [0, 0.05) is 46.3 Å². The zero-order chi connectivity index (χ0) is 24.4. The summed E-state index contributed by atoms with van der Waals surface area (Å²) in [6.07, 6.45) is 3.59. The predicted molar refractivity (Wildman–Crippen MR) is 132 cm³/mol. The van der Waals surface area contributed by atoms with E-state index < -0.39 is 17.7 Å². The molecule has 1 aliphatic rings. The maximum Gasteiger partial charge on any atom is 0.323 e. The number of anilines is 5. The largest absolute Gasteiger partial charge is 0.362 e. The Morgan fingerprint density at radius 1 is 0.800 bits per heavy atom. The van der Waals surface area contributed by atoms with Crippen molar-refractivity contribution in [1.29, 1.82) is 0 Å². The van der Waals surface area contributed by atoms with Gasteiger partial charge >= 0.3 is 6.03 Å². The number of fused-ring (bicyclic) bond motifs is 1. The Kier molecular flexibility index (Phi) is 5.72. The number of aromatic amines is 1. The number of hydrogen-bond acceptors (Lipinski definition) is 3. The van der Waals surface area contributed by atoms with Crippen LogP contribution in [0.2, 0.25) is 0 Å². The molecule has 2 heterocycles. The van der Waals surface area contributed by atoms with E-state index in [1.54, 1.807) is 30.5 Å². The third kappa shape index (κ3) is 5.03. The Bertz CT molecular complexity index is 1440. The van der Waals surface area contributed by atoms with Crippen LogP contribution >= 0.6 is 0 Å². The summed E-state index contributed by atoms with van der Waals surface area (Å²) in [6, 6.07) is 18.3. The van der Waals surface area contributed by atoms with Gasteiger partial charge in [0.05, 0.1) is 11.3 Å². The van der Waals surface area contributed by atoms with Crippen molar-refractivity contribution in [2.75, 3.05) is 21.3 Å².